The molecule has 108 valence electrons. The summed E-state index contributed by atoms with van der Waals surface area (Å²) >= 11 is 5.69. The quantitative estimate of drug-likeness (QED) is 0.632. The van der Waals surface area contributed by atoms with Gasteiger partial charge in [0, 0.05) is 6.04 Å². The van der Waals surface area contributed by atoms with Crippen molar-refractivity contribution in [3.05, 3.63) is 34.6 Å². The monoisotopic (exact) mass is 285 g/mol. The molecule has 0 heterocycles. The smallest absolute Gasteiger partial charge is 0.142 e. The number of benzene rings is 1. The Balaban J connectivity index is 2.36. The number of nitrogens with one attached hydrogen (secondary N) is 1. The molecule has 0 aliphatic carbocycles. The van der Waals surface area contributed by atoms with Gasteiger partial charge in [-0.2, -0.15) is 0 Å². The molecule has 0 bridgehead atoms. The van der Waals surface area contributed by atoms with Crippen LogP contribution in [0.2, 0.25) is 5.02 Å². The zero-order valence-electron chi connectivity index (χ0n) is 12.0. The highest BCUT2D eigenvalue weighted by atomic mass is 35.5. The molecule has 1 rings (SSSR count). The molecule has 0 aliphatic heterocycles. The van der Waals surface area contributed by atoms with Gasteiger partial charge < -0.3 is 5.32 Å². The predicted molar refractivity (Wildman–Crippen MR) is 81.3 cm³/mol. The first-order valence-corrected chi connectivity index (χ1v) is 7.66. The van der Waals surface area contributed by atoms with Gasteiger partial charge in [-0.05, 0) is 37.6 Å². The highest BCUT2D eigenvalue weighted by molar-refractivity contribution is 6.30. The Kier molecular flexibility index (Phi) is 8.08. The molecular weight excluding hydrogens is 261 g/mol. The standard InChI is InChI=1S/C16H25ClFN/c1-3-4-5-6-7-8-14(19-2)11-13-9-10-15(17)16(18)12-13/h9-10,12,14,19H,3-8,11H2,1-2H3. The molecule has 0 spiro atoms. The van der Waals surface area contributed by atoms with Gasteiger partial charge in [-0.25, -0.2) is 4.39 Å². The number of likely N-dealkylation sites (N-methyl/N-ethyl adjacent to an activating group) is 1. The number of rotatable bonds is 9. The summed E-state index contributed by atoms with van der Waals surface area (Å²) in [7, 11) is 1.98. The lowest BCUT2D eigenvalue weighted by Crippen LogP contribution is -2.27. The van der Waals surface area contributed by atoms with E-state index in [9.17, 15) is 4.39 Å². The molecule has 0 amide bonds. The highest BCUT2D eigenvalue weighted by Crippen LogP contribution is 2.18. The highest BCUT2D eigenvalue weighted by Gasteiger charge is 2.09. The van der Waals surface area contributed by atoms with E-state index >= 15 is 0 Å². The number of hydrogen-bond acceptors (Lipinski definition) is 1. The molecule has 19 heavy (non-hydrogen) atoms. The molecule has 1 nitrogen and oxygen atoms in total. The Labute approximate surface area is 121 Å². The number of hydrogen-bond donors (Lipinski definition) is 1. The van der Waals surface area contributed by atoms with Crippen LogP contribution in [0, 0.1) is 5.82 Å². The summed E-state index contributed by atoms with van der Waals surface area (Å²) in [6.07, 6.45) is 8.46. The summed E-state index contributed by atoms with van der Waals surface area (Å²) in [6, 6.07) is 5.51. The van der Waals surface area contributed by atoms with Crippen molar-refractivity contribution in [2.24, 2.45) is 0 Å². The summed E-state index contributed by atoms with van der Waals surface area (Å²) in [5, 5.41) is 3.52. The van der Waals surface area contributed by atoms with Gasteiger partial charge in [-0.3, -0.25) is 0 Å². The molecule has 0 saturated heterocycles. The minimum atomic E-state index is -0.322. The van der Waals surface area contributed by atoms with Crippen molar-refractivity contribution in [1.82, 2.24) is 5.32 Å². The molecule has 0 aliphatic rings. The van der Waals surface area contributed by atoms with Crippen molar-refractivity contribution >= 4 is 11.6 Å². The van der Waals surface area contributed by atoms with E-state index in [2.05, 4.69) is 12.2 Å². The Morgan fingerprint density at radius 2 is 1.95 bits per heavy atom. The van der Waals surface area contributed by atoms with E-state index in [-0.39, 0.29) is 10.8 Å². The topological polar surface area (TPSA) is 12.0 Å². The van der Waals surface area contributed by atoms with Crippen molar-refractivity contribution in [1.29, 1.82) is 0 Å². The van der Waals surface area contributed by atoms with Crippen LogP contribution in [0.4, 0.5) is 4.39 Å². The van der Waals surface area contributed by atoms with Gasteiger partial charge in [-0.15, -0.1) is 0 Å². The molecule has 0 radical (unpaired) electrons. The molecule has 1 N–H and O–H groups in total. The summed E-state index contributed by atoms with van der Waals surface area (Å²) < 4.78 is 13.4. The van der Waals surface area contributed by atoms with Crippen LogP contribution < -0.4 is 5.32 Å². The lowest BCUT2D eigenvalue weighted by molar-refractivity contribution is 0.481. The first-order valence-electron chi connectivity index (χ1n) is 7.28. The molecule has 0 fully saturated rings. The summed E-state index contributed by atoms with van der Waals surface area (Å²) in [4.78, 5) is 0. The van der Waals surface area contributed by atoms with E-state index in [0.29, 0.717) is 6.04 Å². The van der Waals surface area contributed by atoms with Crippen molar-refractivity contribution in [3.8, 4) is 0 Å². The average Bonchev–Trinajstić information content (AvgIpc) is 2.41. The van der Waals surface area contributed by atoms with E-state index in [1.54, 1.807) is 12.1 Å². The fraction of sp³-hybridized carbons (Fsp3) is 0.625. The molecule has 1 aromatic rings. The largest absolute Gasteiger partial charge is 0.317 e. The molecular formula is C16H25ClFN. The van der Waals surface area contributed by atoms with E-state index in [1.807, 2.05) is 13.1 Å². The Morgan fingerprint density at radius 3 is 2.58 bits per heavy atom. The van der Waals surface area contributed by atoms with Crippen LogP contribution in [-0.4, -0.2) is 13.1 Å². The van der Waals surface area contributed by atoms with E-state index in [4.69, 9.17) is 11.6 Å². The van der Waals surface area contributed by atoms with Crippen molar-refractivity contribution < 1.29 is 4.39 Å². The summed E-state index contributed by atoms with van der Waals surface area (Å²) in [6.45, 7) is 2.23. The lowest BCUT2D eigenvalue weighted by Gasteiger charge is -2.16. The second kappa shape index (κ2) is 9.33. The van der Waals surface area contributed by atoms with Crippen LogP contribution in [-0.2, 0) is 6.42 Å². The molecule has 0 aromatic heterocycles. The average molecular weight is 286 g/mol. The van der Waals surface area contributed by atoms with Crippen molar-refractivity contribution in [2.75, 3.05) is 7.05 Å². The first-order chi connectivity index (χ1) is 9.17. The van der Waals surface area contributed by atoms with Gasteiger partial charge in [-0.1, -0.05) is 56.7 Å². The molecule has 1 atom stereocenters. The van der Waals surface area contributed by atoms with Gasteiger partial charge >= 0.3 is 0 Å². The van der Waals surface area contributed by atoms with Crippen molar-refractivity contribution in [2.45, 2.75) is 57.9 Å². The summed E-state index contributed by atoms with van der Waals surface area (Å²) in [5.74, 6) is -0.322. The van der Waals surface area contributed by atoms with Crippen LogP contribution in [0.1, 0.15) is 51.0 Å². The van der Waals surface area contributed by atoms with Gasteiger partial charge in [0.05, 0.1) is 5.02 Å². The zero-order chi connectivity index (χ0) is 14.1. The fourth-order valence-electron chi connectivity index (χ4n) is 2.29. The van der Waals surface area contributed by atoms with Gasteiger partial charge in [0.25, 0.3) is 0 Å². The maximum Gasteiger partial charge on any atom is 0.142 e. The predicted octanol–water partition coefficient (Wildman–Crippen LogP) is 4.97. The molecule has 1 unspecified atom stereocenters. The van der Waals surface area contributed by atoms with Crippen LogP contribution >= 0.6 is 11.6 Å². The van der Waals surface area contributed by atoms with Crippen LogP contribution in [0.5, 0.6) is 0 Å². The number of halogens is 2. The maximum absolute atomic E-state index is 13.4. The van der Waals surface area contributed by atoms with Gasteiger partial charge in [0.1, 0.15) is 5.82 Å². The SMILES string of the molecule is CCCCCCCC(Cc1ccc(Cl)c(F)c1)NC. The maximum atomic E-state index is 13.4. The molecule has 0 saturated carbocycles. The molecule has 3 heteroatoms. The normalized spacial score (nSPS) is 12.6. The minimum Gasteiger partial charge on any atom is -0.317 e. The third kappa shape index (κ3) is 6.40. The molecule has 1 aromatic carbocycles. The second-order valence-corrected chi connectivity index (χ2v) is 5.55. The van der Waals surface area contributed by atoms with Crippen LogP contribution in [0.3, 0.4) is 0 Å². The van der Waals surface area contributed by atoms with E-state index in [1.165, 1.54) is 32.1 Å². The Bertz CT molecular complexity index is 368. The van der Waals surface area contributed by atoms with Crippen LogP contribution in [0.15, 0.2) is 18.2 Å². The summed E-state index contributed by atoms with van der Waals surface area (Å²) in [5.41, 5.74) is 1.01. The third-order valence-electron chi connectivity index (χ3n) is 3.53. The Hall–Kier alpha value is -0.600. The van der Waals surface area contributed by atoms with Gasteiger partial charge in [0.15, 0.2) is 0 Å². The lowest BCUT2D eigenvalue weighted by atomic mass is 10.00. The first kappa shape index (κ1) is 16.5. The Morgan fingerprint density at radius 1 is 1.21 bits per heavy atom. The van der Waals surface area contributed by atoms with Gasteiger partial charge in [0.2, 0.25) is 0 Å². The zero-order valence-corrected chi connectivity index (χ0v) is 12.8. The fourth-order valence-corrected chi connectivity index (χ4v) is 2.41. The van der Waals surface area contributed by atoms with Crippen molar-refractivity contribution in [3.63, 3.8) is 0 Å². The number of unbranched alkanes of at least 4 members (excludes halogenated alkanes) is 4. The van der Waals surface area contributed by atoms with E-state index in [0.717, 1.165) is 18.4 Å². The second-order valence-electron chi connectivity index (χ2n) is 5.14. The minimum absolute atomic E-state index is 0.198. The van der Waals surface area contributed by atoms with E-state index < -0.39 is 0 Å². The van der Waals surface area contributed by atoms with Crippen LogP contribution in [0.25, 0.3) is 0 Å². The third-order valence-corrected chi connectivity index (χ3v) is 3.84.